The molecule has 6 nitrogen and oxygen atoms in total. The molecule has 1 atom stereocenters. The third-order valence-electron chi connectivity index (χ3n) is 5.62. The van der Waals surface area contributed by atoms with E-state index in [1.165, 1.54) is 0 Å². The molecule has 1 saturated heterocycles. The van der Waals surface area contributed by atoms with E-state index in [2.05, 4.69) is 10.2 Å². The number of carbonyl (C=O) groups is 2. The minimum absolute atomic E-state index is 0.135. The normalized spacial score (nSPS) is 21.2. The lowest BCUT2D eigenvalue weighted by Crippen LogP contribution is -2.55. The van der Waals surface area contributed by atoms with E-state index < -0.39 is 12.0 Å². The highest BCUT2D eigenvalue weighted by Crippen LogP contribution is 2.38. The van der Waals surface area contributed by atoms with Crippen LogP contribution in [0.5, 0.6) is 0 Å². The maximum Gasteiger partial charge on any atom is 0.326 e. The topological polar surface area (TPSA) is 78.9 Å². The van der Waals surface area contributed by atoms with Crippen molar-refractivity contribution in [3.63, 3.8) is 0 Å². The average Bonchev–Trinajstić information content (AvgIpc) is 3.12. The van der Waals surface area contributed by atoms with Gasteiger partial charge in [0.2, 0.25) is 5.91 Å². The van der Waals surface area contributed by atoms with Gasteiger partial charge in [0, 0.05) is 31.5 Å². The number of hydrogen-bond acceptors (Lipinski definition) is 4. The summed E-state index contributed by atoms with van der Waals surface area (Å²) in [5.41, 5.74) is 0.771. The highest BCUT2D eigenvalue weighted by atomic mass is 16.5. The molecule has 1 amide bonds. The predicted octanol–water partition coefficient (Wildman–Crippen LogP) is 1.83. The Morgan fingerprint density at radius 2 is 1.81 bits per heavy atom. The first-order chi connectivity index (χ1) is 12.6. The summed E-state index contributed by atoms with van der Waals surface area (Å²) in [7, 11) is 0. The van der Waals surface area contributed by atoms with Gasteiger partial charge in [-0.3, -0.25) is 9.69 Å². The number of carbonyl (C=O) groups excluding carboxylic acids is 1. The van der Waals surface area contributed by atoms with Crippen molar-refractivity contribution in [2.45, 2.75) is 50.1 Å². The molecule has 2 fully saturated rings. The zero-order valence-electron chi connectivity index (χ0n) is 15.2. The van der Waals surface area contributed by atoms with Gasteiger partial charge in [0.15, 0.2) is 0 Å². The second-order valence-electron chi connectivity index (χ2n) is 7.36. The van der Waals surface area contributed by atoms with E-state index in [0.717, 1.165) is 44.3 Å². The largest absolute Gasteiger partial charge is 0.480 e. The molecule has 1 aliphatic carbocycles. The number of benzene rings is 1. The van der Waals surface area contributed by atoms with Crippen LogP contribution in [-0.4, -0.2) is 59.8 Å². The zero-order valence-corrected chi connectivity index (χ0v) is 15.2. The molecule has 3 rings (SSSR count). The highest BCUT2D eigenvalue weighted by molar-refractivity contribution is 5.84. The molecule has 26 heavy (non-hydrogen) atoms. The van der Waals surface area contributed by atoms with Gasteiger partial charge in [0.25, 0.3) is 0 Å². The quantitative estimate of drug-likeness (QED) is 0.776. The summed E-state index contributed by atoms with van der Waals surface area (Å²) in [5, 5.41) is 12.3. The van der Waals surface area contributed by atoms with Crippen LogP contribution in [0.15, 0.2) is 30.3 Å². The Balaban J connectivity index is 1.63. The number of carboxylic acid groups (broad SMARTS) is 1. The highest BCUT2D eigenvalue weighted by Gasteiger charge is 2.42. The molecule has 6 heteroatoms. The van der Waals surface area contributed by atoms with Gasteiger partial charge in [-0.1, -0.05) is 43.2 Å². The number of aliphatic carboxylic acids is 1. The zero-order chi connectivity index (χ0) is 18.4. The van der Waals surface area contributed by atoms with Crippen LogP contribution in [0.4, 0.5) is 0 Å². The van der Waals surface area contributed by atoms with Gasteiger partial charge >= 0.3 is 5.97 Å². The van der Waals surface area contributed by atoms with Crippen LogP contribution in [0.25, 0.3) is 0 Å². The van der Waals surface area contributed by atoms with E-state index in [4.69, 9.17) is 4.74 Å². The van der Waals surface area contributed by atoms with Crippen LogP contribution >= 0.6 is 0 Å². The van der Waals surface area contributed by atoms with Crippen molar-refractivity contribution in [1.82, 2.24) is 10.2 Å². The van der Waals surface area contributed by atoms with Gasteiger partial charge in [-0.15, -0.1) is 0 Å². The Labute approximate surface area is 154 Å². The number of ether oxygens (including phenoxy) is 1. The number of nitrogens with one attached hydrogen (secondary N) is 1. The molecular formula is C20H28N2O4. The smallest absolute Gasteiger partial charge is 0.326 e. The van der Waals surface area contributed by atoms with Gasteiger partial charge in [0.1, 0.15) is 6.04 Å². The van der Waals surface area contributed by atoms with Crippen LogP contribution < -0.4 is 5.32 Å². The molecular weight excluding hydrogens is 332 g/mol. The summed E-state index contributed by atoms with van der Waals surface area (Å²) in [6.07, 6.45) is 4.90. The molecule has 1 aliphatic heterocycles. The molecule has 1 saturated carbocycles. The Kier molecular flexibility index (Phi) is 6.27. The first kappa shape index (κ1) is 18.9. The number of hydrogen-bond donors (Lipinski definition) is 2. The van der Waals surface area contributed by atoms with Gasteiger partial charge in [-0.25, -0.2) is 4.79 Å². The monoisotopic (exact) mass is 360 g/mol. The summed E-state index contributed by atoms with van der Waals surface area (Å²) < 4.78 is 5.45. The fourth-order valence-corrected chi connectivity index (χ4v) is 4.27. The molecule has 1 aromatic carbocycles. The van der Waals surface area contributed by atoms with E-state index in [0.29, 0.717) is 26.1 Å². The predicted molar refractivity (Wildman–Crippen MR) is 97.9 cm³/mol. The van der Waals surface area contributed by atoms with Crippen LogP contribution in [0.1, 0.15) is 37.7 Å². The van der Waals surface area contributed by atoms with Crippen molar-refractivity contribution in [2.24, 2.45) is 0 Å². The molecule has 0 bridgehead atoms. The maximum absolute atomic E-state index is 12.7. The van der Waals surface area contributed by atoms with Gasteiger partial charge in [-0.05, 0) is 18.4 Å². The summed E-state index contributed by atoms with van der Waals surface area (Å²) in [4.78, 5) is 26.7. The molecule has 1 aromatic rings. The van der Waals surface area contributed by atoms with Crippen molar-refractivity contribution in [2.75, 3.05) is 26.3 Å². The fraction of sp³-hybridized carbons (Fsp3) is 0.600. The maximum atomic E-state index is 12.7. The molecule has 0 aromatic heterocycles. The number of rotatable bonds is 7. The third-order valence-corrected chi connectivity index (χ3v) is 5.62. The number of nitrogens with zero attached hydrogens (tertiary/aromatic N) is 1. The SMILES string of the molecule is O=C(CC1(N2CCOCC2)CCCC1)N[C@H](Cc1ccccc1)C(=O)O. The van der Waals surface area contributed by atoms with Crippen molar-refractivity contribution in [1.29, 1.82) is 0 Å². The van der Waals surface area contributed by atoms with Crippen LogP contribution in [0.2, 0.25) is 0 Å². The second kappa shape index (κ2) is 8.64. The number of morpholine rings is 1. The molecule has 2 N–H and O–H groups in total. The molecule has 0 unspecified atom stereocenters. The van der Waals surface area contributed by atoms with E-state index in [9.17, 15) is 14.7 Å². The summed E-state index contributed by atoms with van der Waals surface area (Å²) in [5.74, 6) is -1.16. The van der Waals surface area contributed by atoms with Gasteiger partial charge in [-0.2, -0.15) is 0 Å². The Bertz CT molecular complexity index is 607. The Morgan fingerprint density at radius 1 is 1.15 bits per heavy atom. The Hall–Kier alpha value is -1.92. The summed E-state index contributed by atoms with van der Waals surface area (Å²) in [6, 6.07) is 8.52. The van der Waals surface area contributed by atoms with Crippen molar-refractivity contribution in [3.8, 4) is 0 Å². The third kappa shape index (κ3) is 4.62. The number of amides is 1. The van der Waals surface area contributed by atoms with Crippen molar-refractivity contribution < 1.29 is 19.4 Å². The fourth-order valence-electron chi connectivity index (χ4n) is 4.27. The van der Waals surface area contributed by atoms with Crippen molar-refractivity contribution >= 4 is 11.9 Å². The first-order valence-corrected chi connectivity index (χ1v) is 9.48. The first-order valence-electron chi connectivity index (χ1n) is 9.48. The summed E-state index contributed by atoms with van der Waals surface area (Å²) >= 11 is 0. The van der Waals surface area contributed by atoms with E-state index in [1.54, 1.807) is 0 Å². The lowest BCUT2D eigenvalue weighted by molar-refractivity contribution is -0.142. The molecule has 1 heterocycles. The van der Waals surface area contributed by atoms with E-state index >= 15 is 0 Å². The van der Waals surface area contributed by atoms with Gasteiger partial charge < -0.3 is 15.2 Å². The molecule has 0 spiro atoms. The van der Waals surface area contributed by atoms with Crippen LogP contribution in [0, 0.1) is 0 Å². The van der Waals surface area contributed by atoms with Crippen LogP contribution in [0.3, 0.4) is 0 Å². The Morgan fingerprint density at radius 3 is 2.42 bits per heavy atom. The summed E-state index contributed by atoms with van der Waals surface area (Å²) in [6.45, 7) is 3.10. The molecule has 142 valence electrons. The lowest BCUT2D eigenvalue weighted by atomic mass is 9.89. The van der Waals surface area contributed by atoms with Crippen LogP contribution in [-0.2, 0) is 20.7 Å². The van der Waals surface area contributed by atoms with Crippen molar-refractivity contribution in [3.05, 3.63) is 35.9 Å². The number of carboxylic acids is 1. The van der Waals surface area contributed by atoms with Gasteiger partial charge in [0.05, 0.1) is 13.2 Å². The molecule has 2 aliphatic rings. The average molecular weight is 360 g/mol. The van der Waals surface area contributed by atoms with E-state index in [1.807, 2.05) is 30.3 Å². The second-order valence-corrected chi connectivity index (χ2v) is 7.36. The minimum atomic E-state index is -0.992. The van der Waals surface area contributed by atoms with E-state index in [-0.39, 0.29) is 11.4 Å². The minimum Gasteiger partial charge on any atom is -0.480 e. The molecule has 0 radical (unpaired) electrons. The standard InChI is InChI=1S/C20H28N2O4/c23-18(21-17(19(24)25)14-16-6-2-1-3-7-16)15-20(8-4-5-9-20)22-10-12-26-13-11-22/h1-3,6-7,17H,4-5,8-15H2,(H,21,23)(H,24,25)/t17-/m1/s1. The lowest BCUT2D eigenvalue weighted by Gasteiger charge is -2.43.